The van der Waals surface area contributed by atoms with Crippen LogP contribution in [0.25, 0.3) is 0 Å². The van der Waals surface area contributed by atoms with Crippen LogP contribution in [0.5, 0.6) is 0 Å². The Kier molecular flexibility index (Phi) is 4.58. The average Bonchev–Trinajstić information content (AvgIpc) is 2.18. The highest BCUT2D eigenvalue weighted by atomic mass is 35.5. The third kappa shape index (κ3) is 4.08. The first-order valence-corrected chi connectivity index (χ1v) is 5.15. The van der Waals surface area contributed by atoms with Crippen LogP contribution in [0.4, 0.5) is 5.69 Å². The predicted octanol–water partition coefficient (Wildman–Crippen LogP) is 2.84. The Bertz CT molecular complexity index is 421. The Morgan fingerprint density at radius 3 is 2.69 bits per heavy atom. The van der Waals surface area contributed by atoms with Gasteiger partial charge in [-0.15, -0.1) is 0 Å². The van der Waals surface area contributed by atoms with Gasteiger partial charge in [0.05, 0.1) is 10.7 Å². The number of Topliss-reactive ketones (excluding diaryl/α,β-unsaturated/α-hetero) is 1. The number of ketones is 1. The van der Waals surface area contributed by atoms with Crippen LogP contribution >= 0.6 is 23.2 Å². The van der Waals surface area contributed by atoms with E-state index in [1.54, 1.807) is 12.1 Å². The van der Waals surface area contributed by atoms with Crippen molar-refractivity contribution in [2.75, 3.05) is 5.48 Å². The summed E-state index contributed by atoms with van der Waals surface area (Å²) in [7, 11) is 0. The maximum absolute atomic E-state index is 11.0. The van der Waals surface area contributed by atoms with Crippen molar-refractivity contribution in [3.63, 3.8) is 0 Å². The number of carbonyl (C=O) groups excluding carboxylic acids is 2. The number of hydrogen-bond acceptors (Lipinski definition) is 4. The summed E-state index contributed by atoms with van der Waals surface area (Å²) in [6, 6.07) is 4.67. The molecule has 0 heterocycles. The van der Waals surface area contributed by atoms with Crippen molar-refractivity contribution in [3.8, 4) is 0 Å². The average molecular weight is 262 g/mol. The van der Waals surface area contributed by atoms with Crippen LogP contribution in [-0.2, 0) is 14.4 Å². The Hall–Kier alpha value is -1.26. The van der Waals surface area contributed by atoms with Crippen LogP contribution in [0.2, 0.25) is 10.0 Å². The number of carbonyl (C=O) groups is 2. The molecule has 0 fully saturated rings. The van der Waals surface area contributed by atoms with Gasteiger partial charge in [-0.05, 0) is 25.1 Å². The first-order chi connectivity index (χ1) is 7.49. The molecule has 16 heavy (non-hydrogen) atoms. The van der Waals surface area contributed by atoms with Gasteiger partial charge in [0.15, 0.2) is 0 Å². The maximum Gasteiger partial charge on any atom is 0.339 e. The fourth-order valence-electron chi connectivity index (χ4n) is 0.927. The molecule has 0 spiro atoms. The largest absolute Gasteiger partial charge is 0.343 e. The van der Waals surface area contributed by atoms with E-state index in [1.807, 2.05) is 0 Å². The summed E-state index contributed by atoms with van der Waals surface area (Å²) >= 11 is 11.5. The first-order valence-electron chi connectivity index (χ1n) is 4.39. The number of benzene rings is 1. The van der Waals surface area contributed by atoms with Crippen LogP contribution in [-0.4, -0.2) is 11.8 Å². The second kappa shape index (κ2) is 5.72. The minimum atomic E-state index is -0.677. The molecule has 1 aromatic carbocycles. The second-order valence-electron chi connectivity index (χ2n) is 3.08. The summed E-state index contributed by atoms with van der Waals surface area (Å²) in [5, 5.41) is 0.814. The van der Waals surface area contributed by atoms with Gasteiger partial charge in [0, 0.05) is 5.02 Å². The first kappa shape index (κ1) is 12.8. The van der Waals surface area contributed by atoms with Crippen molar-refractivity contribution in [2.45, 2.75) is 13.3 Å². The molecule has 0 unspecified atom stereocenters. The molecule has 1 N–H and O–H groups in total. The van der Waals surface area contributed by atoms with Gasteiger partial charge in [-0.2, -0.15) is 0 Å². The molecule has 0 bridgehead atoms. The van der Waals surface area contributed by atoms with E-state index in [9.17, 15) is 9.59 Å². The van der Waals surface area contributed by atoms with Crippen molar-refractivity contribution in [3.05, 3.63) is 28.2 Å². The van der Waals surface area contributed by atoms with Crippen LogP contribution in [0, 0.1) is 0 Å². The summed E-state index contributed by atoms with van der Waals surface area (Å²) in [6.45, 7) is 1.30. The van der Waals surface area contributed by atoms with E-state index >= 15 is 0 Å². The van der Waals surface area contributed by atoms with Gasteiger partial charge in [0.2, 0.25) is 0 Å². The van der Waals surface area contributed by atoms with Crippen LogP contribution in [0.3, 0.4) is 0 Å². The fraction of sp³-hybridized carbons (Fsp3) is 0.200. The zero-order valence-electron chi connectivity index (χ0n) is 8.42. The molecule has 0 amide bonds. The number of anilines is 1. The van der Waals surface area contributed by atoms with Gasteiger partial charge in [-0.1, -0.05) is 23.2 Å². The van der Waals surface area contributed by atoms with E-state index in [0.29, 0.717) is 15.7 Å². The van der Waals surface area contributed by atoms with E-state index < -0.39 is 5.97 Å². The molecule has 0 aliphatic rings. The molecule has 1 rings (SSSR count). The lowest BCUT2D eigenvalue weighted by Gasteiger charge is -2.07. The molecule has 0 aliphatic carbocycles. The molecule has 86 valence electrons. The lowest BCUT2D eigenvalue weighted by Crippen LogP contribution is -2.13. The quantitative estimate of drug-likeness (QED) is 0.669. The molecule has 4 nitrogen and oxygen atoms in total. The van der Waals surface area contributed by atoms with Gasteiger partial charge in [0.25, 0.3) is 0 Å². The van der Waals surface area contributed by atoms with Gasteiger partial charge >= 0.3 is 5.97 Å². The molecule has 0 aliphatic heterocycles. The van der Waals surface area contributed by atoms with Crippen molar-refractivity contribution in [1.82, 2.24) is 0 Å². The lowest BCUT2D eigenvalue weighted by molar-refractivity contribution is -0.143. The Labute approximate surface area is 102 Å². The third-order valence-corrected chi connectivity index (χ3v) is 2.16. The summed E-state index contributed by atoms with van der Waals surface area (Å²) in [5.74, 6) is -0.951. The minimum absolute atomic E-state index is 0.274. The molecule has 6 heteroatoms. The Morgan fingerprint density at radius 1 is 1.38 bits per heavy atom. The molecular formula is C10H9Cl2NO3. The third-order valence-electron chi connectivity index (χ3n) is 1.60. The van der Waals surface area contributed by atoms with Gasteiger partial charge in [-0.25, -0.2) is 10.3 Å². The van der Waals surface area contributed by atoms with Gasteiger partial charge in [-0.3, -0.25) is 4.79 Å². The summed E-state index contributed by atoms with van der Waals surface area (Å²) in [4.78, 5) is 26.3. The Balaban J connectivity index is 2.57. The normalized spacial score (nSPS) is 9.69. The van der Waals surface area contributed by atoms with Crippen molar-refractivity contribution in [2.24, 2.45) is 0 Å². The zero-order chi connectivity index (χ0) is 12.1. The molecular weight excluding hydrogens is 253 g/mol. The fourth-order valence-corrected chi connectivity index (χ4v) is 1.26. The monoisotopic (exact) mass is 261 g/mol. The predicted molar refractivity (Wildman–Crippen MR) is 61.5 cm³/mol. The highest BCUT2D eigenvalue weighted by Gasteiger charge is 2.08. The summed E-state index contributed by atoms with van der Waals surface area (Å²) < 4.78 is 0. The summed E-state index contributed by atoms with van der Waals surface area (Å²) in [6.07, 6.45) is -0.287. The topological polar surface area (TPSA) is 55.4 Å². The van der Waals surface area contributed by atoms with Crippen molar-refractivity contribution < 1.29 is 14.4 Å². The van der Waals surface area contributed by atoms with Crippen LogP contribution in [0.15, 0.2) is 18.2 Å². The highest BCUT2D eigenvalue weighted by Crippen LogP contribution is 2.25. The van der Waals surface area contributed by atoms with Crippen molar-refractivity contribution in [1.29, 1.82) is 0 Å². The van der Waals surface area contributed by atoms with Crippen LogP contribution in [0.1, 0.15) is 13.3 Å². The molecule has 0 atom stereocenters. The standard InChI is InChI=1S/C10H9Cl2NO3/c1-6(14)4-10(15)16-13-9-5-7(11)2-3-8(9)12/h2-3,5,13H,4H2,1H3. The minimum Gasteiger partial charge on any atom is -0.343 e. The number of halogens is 2. The van der Waals surface area contributed by atoms with Gasteiger partial charge in [0.1, 0.15) is 12.2 Å². The lowest BCUT2D eigenvalue weighted by atomic mass is 10.3. The molecule has 0 saturated carbocycles. The number of hydrogen-bond donors (Lipinski definition) is 1. The van der Waals surface area contributed by atoms with Crippen molar-refractivity contribution >= 4 is 40.6 Å². The smallest absolute Gasteiger partial charge is 0.339 e. The summed E-state index contributed by atoms with van der Waals surface area (Å²) in [5.41, 5.74) is 2.71. The highest BCUT2D eigenvalue weighted by molar-refractivity contribution is 6.35. The van der Waals surface area contributed by atoms with Gasteiger partial charge < -0.3 is 4.84 Å². The number of nitrogens with one attached hydrogen (secondary N) is 1. The molecule has 1 aromatic rings. The van der Waals surface area contributed by atoms with Crippen LogP contribution < -0.4 is 5.48 Å². The van der Waals surface area contributed by atoms with E-state index in [0.717, 1.165) is 0 Å². The molecule has 0 radical (unpaired) electrons. The van der Waals surface area contributed by atoms with E-state index in [-0.39, 0.29) is 12.2 Å². The number of rotatable bonds is 4. The SMILES string of the molecule is CC(=O)CC(=O)ONc1cc(Cl)ccc1Cl. The van der Waals surface area contributed by atoms with E-state index in [2.05, 4.69) is 10.3 Å². The maximum atomic E-state index is 11.0. The zero-order valence-corrected chi connectivity index (χ0v) is 9.93. The molecule has 0 aromatic heterocycles. The van der Waals surface area contributed by atoms with E-state index in [4.69, 9.17) is 23.2 Å². The van der Waals surface area contributed by atoms with E-state index in [1.165, 1.54) is 13.0 Å². The Morgan fingerprint density at radius 2 is 2.06 bits per heavy atom. The second-order valence-corrected chi connectivity index (χ2v) is 3.92. The molecule has 0 saturated heterocycles.